The van der Waals surface area contributed by atoms with Crippen molar-refractivity contribution in [1.82, 2.24) is 0 Å². The molecule has 0 aliphatic heterocycles. The summed E-state index contributed by atoms with van der Waals surface area (Å²) in [6.07, 6.45) is 1.61. The Kier molecular flexibility index (Phi) is 5.74. The van der Waals surface area contributed by atoms with E-state index in [1.165, 1.54) is 13.2 Å². The highest BCUT2D eigenvalue weighted by Crippen LogP contribution is 2.27. The van der Waals surface area contributed by atoms with Gasteiger partial charge in [0.1, 0.15) is 6.29 Å². The molecule has 0 aliphatic rings. The minimum absolute atomic E-state index is 0.172. The van der Waals surface area contributed by atoms with Crippen LogP contribution < -0.4 is 14.8 Å². The Hall–Kier alpha value is -2.82. The van der Waals surface area contributed by atoms with E-state index in [1.54, 1.807) is 12.1 Å². The molecular formula is C18H19NO4. The highest BCUT2D eigenvalue weighted by molar-refractivity contribution is 5.92. The first-order chi connectivity index (χ1) is 11.2. The van der Waals surface area contributed by atoms with Crippen molar-refractivity contribution >= 4 is 17.9 Å². The third-order valence-electron chi connectivity index (χ3n) is 3.30. The Morgan fingerprint density at radius 3 is 2.70 bits per heavy atom. The van der Waals surface area contributed by atoms with Gasteiger partial charge in [-0.05, 0) is 42.3 Å². The number of aldehydes is 1. The number of rotatable bonds is 7. The van der Waals surface area contributed by atoms with Gasteiger partial charge in [0.05, 0.1) is 7.11 Å². The molecule has 0 aromatic heterocycles. The Bertz CT molecular complexity index is 697. The normalized spacial score (nSPS) is 10.0. The molecule has 1 N–H and O–H groups in total. The van der Waals surface area contributed by atoms with Crippen LogP contribution in [0.15, 0.2) is 42.5 Å². The van der Waals surface area contributed by atoms with Crippen molar-refractivity contribution in [2.24, 2.45) is 0 Å². The van der Waals surface area contributed by atoms with Crippen molar-refractivity contribution in [3.8, 4) is 11.5 Å². The summed E-state index contributed by atoms with van der Waals surface area (Å²) in [7, 11) is 1.50. The molecule has 5 heteroatoms. The molecule has 120 valence electrons. The van der Waals surface area contributed by atoms with Gasteiger partial charge < -0.3 is 14.8 Å². The van der Waals surface area contributed by atoms with Crippen LogP contribution in [0, 0.1) is 0 Å². The van der Waals surface area contributed by atoms with E-state index in [1.807, 2.05) is 24.3 Å². The molecule has 0 spiro atoms. The molecular weight excluding hydrogens is 294 g/mol. The number of ether oxygens (including phenoxy) is 2. The first-order valence-electron chi connectivity index (χ1n) is 7.31. The van der Waals surface area contributed by atoms with E-state index < -0.39 is 0 Å². The van der Waals surface area contributed by atoms with Gasteiger partial charge in [-0.2, -0.15) is 0 Å². The molecule has 5 nitrogen and oxygen atoms in total. The van der Waals surface area contributed by atoms with E-state index in [0.29, 0.717) is 23.3 Å². The first kappa shape index (κ1) is 16.5. The second-order valence-electron chi connectivity index (χ2n) is 4.92. The molecule has 1 amide bonds. The van der Waals surface area contributed by atoms with E-state index in [2.05, 4.69) is 12.2 Å². The maximum Gasteiger partial charge on any atom is 0.262 e. The van der Waals surface area contributed by atoms with E-state index in [4.69, 9.17) is 9.47 Å². The number of amides is 1. The number of benzene rings is 2. The molecule has 0 aliphatic carbocycles. The van der Waals surface area contributed by atoms with Gasteiger partial charge in [0.25, 0.3) is 5.91 Å². The number of nitrogens with one attached hydrogen (secondary N) is 1. The van der Waals surface area contributed by atoms with E-state index in [9.17, 15) is 9.59 Å². The molecule has 23 heavy (non-hydrogen) atoms. The monoisotopic (exact) mass is 313 g/mol. The maximum atomic E-state index is 12.0. The van der Waals surface area contributed by atoms with E-state index in [0.717, 1.165) is 17.7 Å². The van der Waals surface area contributed by atoms with Gasteiger partial charge in [0.2, 0.25) is 0 Å². The second kappa shape index (κ2) is 7.98. The van der Waals surface area contributed by atoms with Crippen molar-refractivity contribution in [1.29, 1.82) is 0 Å². The van der Waals surface area contributed by atoms with Crippen LogP contribution in [0.5, 0.6) is 11.5 Å². The number of carbonyl (C=O) groups is 2. The molecule has 2 aromatic rings. The molecule has 0 radical (unpaired) electrons. The fraction of sp³-hybridized carbons (Fsp3) is 0.222. The lowest BCUT2D eigenvalue weighted by molar-refractivity contribution is -0.118. The Labute approximate surface area is 135 Å². The predicted octanol–water partition coefficient (Wildman–Crippen LogP) is 3.09. The van der Waals surface area contributed by atoms with Gasteiger partial charge in [0, 0.05) is 11.3 Å². The Morgan fingerprint density at radius 1 is 1.17 bits per heavy atom. The molecule has 0 heterocycles. The molecule has 0 saturated carbocycles. The average Bonchev–Trinajstić information content (AvgIpc) is 2.59. The van der Waals surface area contributed by atoms with Crippen LogP contribution in [0.3, 0.4) is 0 Å². The van der Waals surface area contributed by atoms with E-state index in [-0.39, 0.29) is 12.5 Å². The lowest BCUT2D eigenvalue weighted by atomic mass is 10.1. The van der Waals surface area contributed by atoms with Gasteiger partial charge in [-0.25, -0.2) is 0 Å². The summed E-state index contributed by atoms with van der Waals surface area (Å²) in [5.41, 5.74) is 2.33. The summed E-state index contributed by atoms with van der Waals surface area (Å²) in [4.78, 5) is 22.8. The molecule has 0 atom stereocenters. The summed E-state index contributed by atoms with van der Waals surface area (Å²) in [5.74, 6) is 0.544. The maximum absolute atomic E-state index is 12.0. The highest BCUT2D eigenvalue weighted by Gasteiger charge is 2.09. The summed E-state index contributed by atoms with van der Waals surface area (Å²) in [5, 5.41) is 2.78. The fourth-order valence-corrected chi connectivity index (χ4v) is 2.09. The quantitative estimate of drug-likeness (QED) is 0.798. The molecule has 0 unspecified atom stereocenters. The van der Waals surface area contributed by atoms with Crippen LogP contribution in [-0.4, -0.2) is 25.9 Å². The predicted molar refractivity (Wildman–Crippen MR) is 88.3 cm³/mol. The van der Waals surface area contributed by atoms with E-state index >= 15 is 0 Å². The molecule has 0 saturated heterocycles. The zero-order valence-corrected chi connectivity index (χ0v) is 13.2. The van der Waals surface area contributed by atoms with Crippen LogP contribution in [0.1, 0.15) is 22.8 Å². The van der Waals surface area contributed by atoms with Gasteiger partial charge in [-0.1, -0.05) is 19.1 Å². The zero-order chi connectivity index (χ0) is 16.7. The van der Waals surface area contributed by atoms with Crippen molar-refractivity contribution in [3.05, 3.63) is 53.6 Å². The first-order valence-corrected chi connectivity index (χ1v) is 7.31. The van der Waals surface area contributed by atoms with Crippen LogP contribution >= 0.6 is 0 Å². The summed E-state index contributed by atoms with van der Waals surface area (Å²) >= 11 is 0. The van der Waals surface area contributed by atoms with Crippen molar-refractivity contribution in [2.75, 3.05) is 19.0 Å². The number of methoxy groups -OCH3 is 1. The van der Waals surface area contributed by atoms with Gasteiger partial charge in [0.15, 0.2) is 18.1 Å². The van der Waals surface area contributed by atoms with Crippen LogP contribution in [-0.2, 0) is 11.2 Å². The summed E-state index contributed by atoms with van der Waals surface area (Å²) in [6.45, 7) is 1.88. The lowest BCUT2D eigenvalue weighted by Crippen LogP contribution is -2.20. The second-order valence-corrected chi connectivity index (χ2v) is 4.92. The fourth-order valence-electron chi connectivity index (χ4n) is 2.09. The van der Waals surface area contributed by atoms with Crippen molar-refractivity contribution in [3.63, 3.8) is 0 Å². The number of anilines is 1. The molecule has 0 fully saturated rings. The average molecular weight is 313 g/mol. The molecule has 0 bridgehead atoms. The van der Waals surface area contributed by atoms with Gasteiger partial charge in [-0.15, -0.1) is 0 Å². The topological polar surface area (TPSA) is 64.6 Å². The van der Waals surface area contributed by atoms with Crippen LogP contribution in [0.4, 0.5) is 5.69 Å². The number of hydrogen-bond acceptors (Lipinski definition) is 4. The molecule has 2 aromatic carbocycles. The Morgan fingerprint density at radius 2 is 2.00 bits per heavy atom. The lowest BCUT2D eigenvalue weighted by Gasteiger charge is -2.11. The van der Waals surface area contributed by atoms with Crippen LogP contribution in [0.25, 0.3) is 0 Å². The summed E-state index contributed by atoms with van der Waals surface area (Å²) < 4.78 is 10.6. The number of hydrogen-bond donors (Lipinski definition) is 1. The van der Waals surface area contributed by atoms with Gasteiger partial charge >= 0.3 is 0 Å². The minimum atomic E-state index is -0.281. The van der Waals surface area contributed by atoms with Crippen molar-refractivity contribution in [2.45, 2.75) is 13.3 Å². The third kappa shape index (κ3) is 4.57. The standard InChI is InChI=1S/C18H19NO4/c1-3-13-5-4-6-15(9-13)19-18(21)12-23-17-10-14(11-20)7-8-16(17)22-2/h4-11H,3,12H2,1-2H3,(H,19,21). The number of aryl methyl sites for hydroxylation is 1. The summed E-state index contributed by atoms with van der Waals surface area (Å²) in [6, 6.07) is 12.4. The SMILES string of the molecule is CCc1cccc(NC(=O)COc2cc(C=O)ccc2OC)c1. The van der Waals surface area contributed by atoms with Crippen molar-refractivity contribution < 1.29 is 19.1 Å². The number of carbonyl (C=O) groups excluding carboxylic acids is 2. The largest absolute Gasteiger partial charge is 0.493 e. The minimum Gasteiger partial charge on any atom is -0.493 e. The van der Waals surface area contributed by atoms with Crippen LogP contribution in [0.2, 0.25) is 0 Å². The molecule has 2 rings (SSSR count). The zero-order valence-electron chi connectivity index (χ0n) is 13.2. The Balaban J connectivity index is 2.00. The third-order valence-corrected chi connectivity index (χ3v) is 3.30. The van der Waals surface area contributed by atoms with Gasteiger partial charge in [-0.3, -0.25) is 9.59 Å². The highest BCUT2D eigenvalue weighted by atomic mass is 16.5. The smallest absolute Gasteiger partial charge is 0.262 e.